The number of aryl methyl sites for hydroxylation is 1. The first-order valence-corrected chi connectivity index (χ1v) is 6.29. The number of benzene rings is 1. The third-order valence-corrected chi connectivity index (χ3v) is 3.29. The highest BCUT2D eigenvalue weighted by atomic mass is 79.9. The van der Waals surface area contributed by atoms with Crippen LogP contribution in [0.25, 0.3) is 0 Å². The second-order valence-electron chi connectivity index (χ2n) is 3.67. The average Bonchev–Trinajstić information content (AvgIpc) is 2.20. The Labute approximate surface area is 93.6 Å². The number of hydrogen-bond acceptors (Lipinski definition) is 1. The lowest BCUT2D eigenvalue weighted by Gasteiger charge is -2.21. The molecule has 1 aromatic carbocycles. The summed E-state index contributed by atoms with van der Waals surface area (Å²) < 4.78 is 5.81. The summed E-state index contributed by atoms with van der Waals surface area (Å²) in [5, 5.41) is 0.893. The van der Waals surface area contributed by atoms with E-state index in [0.717, 1.165) is 11.9 Å². The van der Waals surface area contributed by atoms with Crippen LogP contribution in [-0.4, -0.2) is 11.9 Å². The van der Waals surface area contributed by atoms with E-state index in [1.54, 1.807) is 0 Å². The Balaban J connectivity index is 2.31. The van der Waals surface area contributed by atoms with Crippen LogP contribution in [0.15, 0.2) is 24.3 Å². The quantitative estimate of drug-likeness (QED) is 0.698. The Bertz CT molecular complexity index is 298. The van der Waals surface area contributed by atoms with E-state index in [2.05, 4.69) is 40.2 Å². The van der Waals surface area contributed by atoms with E-state index in [0.29, 0.717) is 0 Å². The Kier molecular flexibility index (Phi) is 3.60. The van der Waals surface area contributed by atoms with Crippen molar-refractivity contribution in [3.8, 4) is 0 Å². The van der Waals surface area contributed by atoms with Crippen LogP contribution in [0, 0.1) is 0 Å². The van der Waals surface area contributed by atoms with Gasteiger partial charge in [-0.1, -0.05) is 40.2 Å². The highest BCUT2D eigenvalue weighted by Crippen LogP contribution is 2.26. The number of alkyl halides is 1. The Morgan fingerprint density at radius 3 is 3.00 bits per heavy atom. The fraction of sp³-hybridized carbons (Fsp3) is 0.500. The van der Waals surface area contributed by atoms with Crippen molar-refractivity contribution in [1.82, 2.24) is 0 Å². The molecule has 1 nitrogen and oxygen atoms in total. The molecular weight excluding hydrogens is 240 g/mol. The molecule has 1 heterocycles. The molecule has 0 saturated heterocycles. The minimum absolute atomic E-state index is 0.242. The molecule has 1 unspecified atom stereocenters. The lowest BCUT2D eigenvalue weighted by Crippen LogP contribution is -2.12. The van der Waals surface area contributed by atoms with Gasteiger partial charge in [0.25, 0.3) is 0 Å². The first-order valence-electron chi connectivity index (χ1n) is 5.17. The molecule has 0 bridgehead atoms. The number of fused-ring (bicyclic) bond motifs is 1. The molecule has 0 N–H and O–H groups in total. The largest absolute Gasteiger partial charge is 0.373 e. The standard InChI is InChI=1S/C12H15BrO/c13-9-12-11-7-2-1-5-10(11)6-3-4-8-14-12/h1-2,5,7,12H,3-4,6,8-9H2. The zero-order valence-electron chi connectivity index (χ0n) is 8.21. The predicted octanol–water partition coefficient (Wildman–Crippen LogP) is 3.48. The zero-order chi connectivity index (χ0) is 9.80. The van der Waals surface area contributed by atoms with E-state index < -0.39 is 0 Å². The molecular formula is C12H15BrO. The van der Waals surface area contributed by atoms with E-state index in [-0.39, 0.29) is 6.10 Å². The summed E-state index contributed by atoms with van der Waals surface area (Å²) in [6, 6.07) is 8.62. The first kappa shape index (κ1) is 10.2. The van der Waals surface area contributed by atoms with E-state index in [9.17, 15) is 0 Å². The van der Waals surface area contributed by atoms with Gasteiger partial charge in [0.1, 0.15) is 0 Å². The van der Waals surface area contributed by atoms with Crippen molar-refractivity contribution < 1.29 is 4.74 Å². The molecule has 0 aliphatic carbocycles. The summed E-state index contributed by atoms with van der Waals surface area (Å²) in [5.74, 6) is 0. The molecule has 1 aromatic rings. The number of halogens is 1. The van der Waals surface area contributed by atoms with Gasteiger partial charge in [0, 0.05) is 11.9 Å². The maximum atomic E-state index is 5.81. The lowest BCUT2D eigenvalue weighted by molar-refractivity contribution is 0.0633. The number of rotatable bonds is 1. The minimum Gasteiger partial charge on any atom is -0.373 e. The van der Waals surface area contributed by atoms with Crippen LogP contribution in [-0.2, 0) is 11.2 Å². The van der Waals surface area contributed by atoms with Crippen molar-refractivity contribution in [2.24, 2.45) is 0 Å². The van der Waals surface area contributed by atoms with Crippen LogP contribution in [0.5, 0.6) is 0 Å². The maximum absolute atomic E-state index is 5.81. The van der Waals surface area contributed by atoms with Gasteiger partial charge < -0.3 is 4.74 Å². The molecule has 1 aliphatic rings. The van der Waals surface area contributed by atoms with Gasteiger partial charge in [-0.25, -0.2) is 0 Å². The van der Waals surface area contributed by atoms with Crippen molar-refractivity contribution in [3.05, 3.63) is 35.4 Å². The molecule has 2 heteroatoms. The second kappa shape index (κ2) is 4.94. The van der Waals surface area contributed by atoms with Crippen molar-refractivity contribution in [1.29, 1.82) is 0 Å². The van der Waals surface area contributed by atoms with Crippen LogP contribution >= 0.6 is 15.9 Å². The van der Waals surface area contributed by atoms with Crippen molar-refractivity contribution in [2.75, 3.05) is 11.9 Å². The van der Waals surface area contributed by atoms with Gasteiger partial charge in [-0.05, 0) is 30.4 Å². The third-order valence-electron chi connectivity index (χ3n) is 2.70. The summed E-state index contributed by atoms with van der Waals surface area (Å²) in [4.78, 5) is 0. The summed E-state index contributed by atoms with van der Waals surface area (Å²) in [5.41, 5.74) is 2.82. The summed E-state index contributed by atoms with van der Waals surface area (Å²) in [6.45, 7) is 0.893. The van der Waals surface area contributed by atoms with Crippen molar-refractivity contribution >= 4 is 15.9 Å². The van der Waals surface area contributed by atoms with Crippen LogP contribution in [0.2, 0.25) is 0 Å². The minimum atomic E-state index is 0.242. The smallest absolute Gasteiger partial charge is 0.0924 e. The third kappa shape index (κ3) is 2.18. The second-order valence-corrected chi connectivity index (χ2v) is 4.32. The first-order chi connectivity index (χ1) is 6.92. The van der Waals surface area contributed by atoms with Gasteiger partial charge in [0.2, 0.25) is 0 Å². The van der Waals surface area contributed by atoms with Gasteiger partial charge in [-0.15, -0.1) is 0 Å². The van der Waals surface area contributed by atoms with E-state index >= 15 is 0 Å². The van der Waals surface area contributed by atoms with Crippen LogP contribution in [0.3, 0.4) is 0 Å². The Morgan fingerprint density at radius 2 is 2.14 bits per heavy atom. The van der Waals surface area contributed by atoms with Gasteiger partial charge >= 0.3 is 0 Å². The fourth-order valence-electron chi connectivity index (χ4n) is 1.94. The number of hydrogen-bond donors (Lipinski definition) is 0. The molecule has 0 aromatic heterocycles. The maximum Gasteiger partial charge on any atom is 0.0924 e. The molecule has 1 aliphatic heterocycles. The number of ether oxygens (including phenoxy) is 1. The van der Waals surface area contributed by atoms with Gasteiger partial charge in [-0.3, -0.25) is 0 Å². The van der Waals surface area contributed by atoms with E-state index in [4.69, 9.17) is 4.74 Å². The summed E-state index contributed by atoms with van der Waals surface area (Å²) in [7, 11) is 0. The van der Waals surface area contributed by atoms with E-state index in [1.165, 1.54) is 30.4 Å². The highest BCUT2D eigenvalue weighted by Gasteiger charge is 2.16. The van der Waals surface area contributed by atoms with E-state index in [1.807, 2.05) is 0 Å². The normalized spacial score (nSPS) is 22.2. The van der Waals surface area contributed by atoms with Gasteiger partial charge in [-0.2, -0.15) is 0 Å². The molecule has 0 amide bonds. The van der Waals surface area contributed by atoms with Gasteiger partial charge in [0.15, 0.2) is 0 Å². The van der Waals surface area contributed by atoms with Crippen LogP contribution in [0.1, 0.15) is 30.1 Å². The van der Waals surface area contributed by atoms with Crippen LogP contribution in [0.4, 0.5) is 0 Å². The monoisotopic (exact) mass is 254 g/mol. The highest BCUT2D eigenvalue weighted by molar-refractivity contribution is 9.09. The molecule has 2 rings (SSSR count). The molecule has 76 valence electrons. The Hall–Kier alpha value is -0.340. The molecule has 0 saturated carbocycles. The van der Waals surface area contributed by atoms with Crippen molar-refractivity contribution in [2.45, 2.75) is 25.4 Å². The van der Waals surface area contributed by atoms with Crippen LogP contribution < -0.4 is 0 Å². The Morgan fingerprint density at radius 1 is 1.29 bits per heavy atom. The molecule has 14 heavy (non-hydrogen) atoms. The summed E-state index contributed by atoms with van der Waals surface area (Å²) >= 11 is 3.52. The fourth-order valence-corrected chi connectivity index (χ4v) is 2.47. The predicted molar refractivity (Wildman–Crippen MR) is 61.9 cm³/mol. The molecule has 0 fully saturated rings. The average molecular weight is 255 g/mol. The molecule has 1 atom stereocenters. The van der Waals surface area contributed by atoms with Gasteiger partial charge in [0.05, 0.1) is 6.10 Å². The SMILES string of the molecule is BrCC1OCCCCc2ccccc21. The van der Waals surface area contributed by atoms with Crippen molar-refractivity contribution in [3.63, 3.8) is 0 Å². The lowest BCUT2D eigenvalue weighted by atomic mass is 9.97. The topological polar surface area (TPSA) is 9.23 Å². The molecule has 0 radical (unpaired) electrons. The summed E-state index contributed by atoms with van der Waals surface area (Å²) in [6.07, 6.45) is 3.86. The zero-order valence-corrected chi connectivity index (χ0v) is 9.79. The molecule has 0 spiro atoms.